The van der Waals surface area contributed by atoms with Crippen molar-refractivity contribution in [2.75, 3.05) is 20.8 Å². The van der Waals surface area contributed by atoms with Crippen LogP contribution in [0.15, 0.2) is 72.8 Å². The number of carbonyl (C=O) groups is 2. The third-order valence-corrected chi connectivity index (χ3v) is 5.82. The van der Waals surface area contributed by atoms with Gasteiger partial charge >= 0.3 is 0 Å². The molecule has 0 bridgehead atoms. The maximum absolute atomic E-state index is 13.2. The van der Waals surface area contributed by atoms with E-state index in [9.17, 15) is 9.59 Å². The first-order valence-corrected chi connectivity index (χ1v) is 11.5. The maximum Gasteiger partial charge on any atom is 0.261 e. The Morgan fingerprint density at radius 2 is 1.57 bits per heavy atom. The van der Waals surface area contributed by atoms with Crippen LogP contribution in [0.3, 0.4) is 0 Å². The van der Waals surface area contributed by atoms with Crippen LogP contribution in [0.4, 0.5) is 0 Å². The molecule has 3 aromatic carbocycles. The Morgan fingerprint density at radius 1 is 0.914 bits per heavy atom. The lowest BCUT2D eigenvalue weighted by molar-refractivity contribution is -0.142. The van der Waals surface area contributed by atoms with Crippen molar-refractivity contribution in [3.8, 4) is 17.2 Å². The molecule has 0 aromatic heterocycles. The summed E-state index contributed by atoms with van der Waals surface area (Å²) in [5.41, 5.74) is 1.69. The zero-order valence-corrected chi connectivity index (χ0v) is 20.7. The van der Waals surface area contributed by atoms with Crippen LogP contribution in [-0.4, -0.2) is 43.6 Å². The fourth-order valence-corrected chi connectivity index (χ4v) is 3.66. The molecule has 184 valence electrons. The van der Waals surface area contributed by atoms with Gasteiger partial charge in [-0.25, -0.2) is 0 Å². The third-order valence-electron chi connectivity index (χ3n) is 5.51. The summed E-state index contributed by atoms with van der Waals surface area (Å²) < 4.78 is 16.2. The average molecular weight is 497 g/mol. The molecule has 0 spiro atoms. The quantitative estimate of drug-likeness (QED) is 0.424. The molecule has 0 aliphatic rings. The summed E-state index contributed by atoms with van der Waals surface area (Å²) in [6, 6.07) is 20.9. The summed E-state index contributed by atoms with van der Waals surface area (Å²) in [7, 11) is 3.17. The second-order valence-corrected chi connectivity index (χ2v) is 8.20. The van der Waals surface area contributed by atoms with Crippen molar-refractivity contribution in [2.45, 2.75) is 26.1 Å². The maximum atomic E-state index is 13.2. The largest absolute Gasteiger partial charge is 0.497 e. The molecule has 7 nitrogen and oxygen atoms in total. The van der Waals surface area contributed by atoms with E-state index in [1.807, 2.05) is 48.5 Å². The van der Waals surface area contributed by atoms with Gasteiger partial charge in [-0.3, -0.25) is 9.59 Å². The van der Waals surface area contributed by atoms with Gasteiger partial charge in [-0.05, 0) is 42.8 Å². The molecule has 8 heteroatoms. The SMILES string of the molecule is COc1ccc(CN(C(=O)COc2ccccc2Cl)C(C)C(=O)NCc2ccccc2OC)cc1. The Hall–Kier alpha value is -3.71. The number of hydrogen-bond donors (Lipinski definition) is 1. The first-order chi connectivity index (χ1) is 16.9. The molecule has 1 N–H and O–H groups in total. The zero-order valence-electron chi connectivity index (χ0n) is 20.0. The number of hydrogen-bond acceptors (Lipinski definition) is 5. The van der Waals surface area contributed by atoms with Crippen LogP contribution in [0.2, 0.25) is 5.02 Å². The minimum atomic E-state index is -0.755. The topological polar surface area (TPSA) is 77.1 Å². The van der Waals surface area contributed by atoms with E-state index in [1.165, 1.54) is 4.90 Å². The van der Waals surface area contributed by atoms with Crippen molar-refractivity contribution in [1.29, 1.82) is 0 Å². The summed E-state index contributed by atoms with van der Waals surface area (Å²) in [5.74, 6) is 1.15. The number of halogens is 1. The first kappa shape index (κ1) is 25.9. The molecule has 0 aliphatic carbocycles. The van der Waals surface area contributed by atoms with E-state index in [0.29, 0.717) is 22.3 Å². The number of methoxy groups -OCH3 is 2. The fourth-order valence-electron chi connectivity index (χ4n) is 3.47. The van der Waals surface area contributed by atoms with Crippen molar-refractivity contribution < 1.29 is 23.8 Å². The monoisotopic (exact) mass is 496 g/mol. The summed E-state index contributed by atoms with van der Waals surface area (Å²) in [6.45, 7) is 1.92. The standard InChI is InChI=1S/C27H29ClN2O5/c1-19(27(32)29-16-21-8-4-6-10-24(21)34-3)30(17-20-12-14-22(33-2)15-13-20)26(31)18-35-25-11-7-5-9-23(25)28/h4-15,19H,16-18H2,1-3H3,(H,29,32). The Labute approximate surface area is 210 Å². The number of nitrogens with one attached hydrogen (secondary N) is 1. The number of carbonyl (C=O) groups excluding carboxylic acids is 2. The lowest BCUT2D eigenvalue weighted by atomic mass is 10.1. The van der Waals surface area contributed by atoms with Crippen molar-refractivity contribution in [2.24, 2.45) is 0 Å². The van der Waals surface area contributed by atoms with Crippen molar-refractivity contribution >= 4 is 23.4 Å². The van der Waals surface area contributed by atoms with Crippen LogP contribution in [-0.2, 0) is 22.7 Å². The zero-order chi connectivity index (χ0) is 25.2. The van der Waals surface area contributed by atoms with E-state index in [1.54, 1.807) is 45.4 Å². The lowest BCUT2D eigenvalue weighted by Crippen LogP contribution is -2.48. The highest BCUT2D eigenvalue weighted by atomic mass is 35.5. The molecule has 1 atom stereocenters. The van der Waals surface area contributed by atoms with Crippen molar-refractivity contribution in [3.63, 3.8) is 0 Å². The normalized spacial score (nSPS) is 11.3. The molecule has 1 unspecified atom stereocenters. The number of amides is 2. The Balaban J connectivity index is 1.73. The van der Waals surface area contributed by atoms with Gasteiger partial charge in [-0.2, -0.15) is 0 Å². The number of nitrogens with zero attached hydrogens (tertiary/aromatic N) is 1. The fraction of sp³-hybridized carbons (Fsp3) is 0.259. The minimum absolute atomic E-state index is 0.220. The molecule has 0 aliphatic heterocycles. The molecule has 0 saturated heterocycles. The third kappa shape index (κ3) is 7.13. The van der Waals surface area contributed by atoms with Gasteiger partial charge in [0.15, 0.2) is 6.61 Å². The predicted octanol–water partition coefficient (Wildman–Crippen LogP) is 4.47. The van der Waals surface area contributed by atoms with Gasteiger partial charge in [-0.1, -0.05) is 54.1 Å². The van der Waals surface area contributed by atoms with E-state index in [-0.39, 0.29) is 31.5 Å². The van der Waals surface area contributed by atoms with E-state index >= 15 is 0 Å². The molecule has 2 amide bonds. The lowest BCUT2D eigenvalue weighted by Gasteiger charge is -2.29. The molecular formula is C27H29ClN2O5. The summed E-state index contributed by atoms with van der Waals surface area (Å²) in [4.78, 5) is 27.7. The molecular weight excluding hydrogens is 468 g/mol. The average Bonchev–Trinajstić information content (AvgIpc) is 2.89. The molecule has 3 aromatic rings. The minimum Gasteiger partial charge on any atom is -0.497 e. The number of benzene rings is 3. The molecule has 35 heavy (non-hydrogen) atoms. The number of para-hydroxylation sites is 2. The molecule has 0 heterocycles. The van der Waals surface area contributed by atoms with Crippen molar-refractivity contribution in [3.05, 3.63) is 88.9 Å². The number of rotatable bonds is 11. The van der Waals surface area contributed by atoms with Crippen LogP contribution < -0.4 is 19.5 Å². The van der Waals surface area contributed by atoms with Gasteiger partial charge in [-0.15, -0.1) is 0 Å². The van der Waals surface area contributed by atoms with Gasteiger partial charge in [0.05, 0.1) is 19.2 Å². The Bertz CT molecular complexity index is 1140. The number of ether oxygens (including phenoxy) is 3. The van der Waals surface area contributed by atoms with Crippen LogP contribution in [0.25, 0.3) is 0 Å². The van der Waals surface area contributed by atoms with Gasteiger partial charge in [0.25, 0.3) is 5.91 Å². The van der Waals surface area contributed by atoms with E-state index in [2.05, 4.69) is 5.32 Å². The second kappa shape index (κ2) is 12.7. The van der Waals surface area contributed by atoms with Crippen LogP contribution in [0, 0.1) is 0 Å². The summed E-state index contributed by atoms with van der Waals surface area (Å²) in [5, 5.41) is 3.31. The smallest absolute Gasteiger partial charge is 0.261 e. The highest BCUT2D eigenvalue weighted by molar-refractivity contribution is 6.32. The van der Waals surface area contributed by atoms with E-state index in [0.717, 1.165) is 11.1 Å². The van der Waals surface area contributed by atoms with Gasteiger partial charge in [0, 0.05) is 18.7 Å². The Kier molecular flexibility index (Phi) is 9.38. The second-order valence-electron chi connectivity index (χ2n) is 7.79. The molecule has 0 radical (unpaired) electrons. The highest BCUT2D eigenvalue weighted by Gasteiger charge is 2.27. The first-order valence-electron chi connectivity index (χ1n) is 11.1. The van der Waals surface area contributed by atoms with Gasteiger partial charge in [0.1, 0.15) is 23.3 Å². The molecule has 0 saturated carbocycles. The predicted molar refractivity (Wildman–Crippen MR) is 135 cm³/mol. The summed E-state index contributed by atoms with van der Waals surface area (Å²) >= 11 is 6.15. The Morgan fingerprint density at radius 3 is 2.23 bits per heavy atom. The molecule has 3 rings (SSSR count). The highest BCUT2D eigenvalue weighted by Crippen LogP contribution is 2.23. The molecule has 0 fully saturated rings. The van der Waals surface area contributed by atoms with E-state index < -0.39 is 6.04 Å². The van der Waals surface area contributed by atoms with Crippen molar-refractivity contribution in [1.82, 2.24) is 10.2 Å². The van der Waals surface area contributed by atoms with Crippen LogP contribution in [0.5, 0.6) is 17.2 Å². The van der Waals surface area contributed by atoms with Crippen LogP contribution in [0.1, 0.15) is 18.1 Å². The summed E-state index contributed by atoms with van der Waals surface area (Å²) in [6.07, 6.45) is 0. The van der Waals surface area contributed by atoms with Gasteiger partial charge < -0.3 is 24.4 Å². The van der Waals surface area contributed by atoms with Crippen LogP contribution >= 0.6 is 11.6 Å². The van der Waals surface area contributed by atoms with Gasteiger partial charge in [0.2, 0.25) is 5.91 Å². The van der Waals surface area contributed by atoms with E-state index in [4.69, 9.17) is 25.8 Å².